The van der Waals surface area contributed by atoms with Crippen LogP contribution in [0, 0.1) is 3.57 Å². The van der Waals surface area contributed by atoms with E-state index in [9.17, 15) is 0 Å². The van der Waals surface area contributed by atoms with Crippen LogP contribution in [0.4, 0.5) is 10.8 Å². The van der Waals surface area contributed by atoms with Crippen LogP contribution < -0.4 is 5.32 Å². The Bertz CT molecular complexity index is 488. The highest BCUT2D eigenvalue weighted by Gasteiger charge is 2.04. The highest BCUT2D eigenvalue weighted by molar-refractivity contribution is 14.1. The van der Waals surface area contributed by atoms with Crippen molar-refractivity contribution in [2.24, 2.45) is 0 Å². The van der Waals surface area contributed by atoms with Crippen LogP contribution in [0.2, 0.25) is 0 Å². The summed E-state index contributed by atoms with van der Waals surface area (Å²) in [7, 11) is 0. The molecule has 15 heavy (non-hydrogen) atoms. The van der Waals surface area contributed by atoms with Crippen LogP contribution in [0.5, 0.6) is 0 Å². The van der Waals surface area contributed by atoms with Crippen LogP contribution in [0.15, 0.2) is 26.6 Å². The molecule has 0 aliphatic carbocycles. The second-order valence-corrected chi connectivity index (χ2v) is 6.96. The molecule has 0 bridgehead atoms. The predicted molar refractivity (Wildman–Crippen MR) is 77.8 cm³/mol. The Morgan fingerprint density at radius 2 is 2.07 bits per heavy atom. The average molecular weight is 461 g/mol. The normalized spacial score (nSPS) is 10.3. The number of nitrogens with one attached hydrogen (secondary N) is 1. The van der Waals surface area contributed by atoms with Crippen LogP contribution in [0.25, 0.3) is 0 Å². The standard InChI is InChI=1S/C8H4Br2IN3S/c9-5-3-4(11)1-2-6(5)12-8-14-13-7(10)15-8/h1-3H,(H,12,14). The van der Waals surface area contributed by atoms with Crippen LogP contribution in [-0.4, -0.2) is 10.2 Å². The van der Waals surface area contributed by atoms with Gasteiger partial charge in [0.25, 0.3) is 0 Å². The number of aromatic nitrogens is 2. The van der Waals surface area contributed by atoms with Crippen molar-refractivity contribution in [1.82, 2.24) is 10.2 Å². The zero-order chi connectivity index (χ0) is 10.8. The van der Waals surface area contributed by atoms with Crippen molar-refractivity contribution >= 4 is 76.6 Å². The molecule has 0 spiro atoms. The first-order valence-corrected chi connectivity index (χ1v) is 7.34. The molecule has 0 amide bonds. The van der Waals surface area contributed by atoms with Gasteiger partial charge in [-0.3, -0.25) is 0 Å². The molecule has 0 aliphatic rings. The van der Waals surface area contributed by atoms with Gasteiger partial charge in [0.2, 0.25) is 5.13 Å². The Kier molecular flexibility index (Phi) is 3.97. The summed E-state index contributed by atoms with van der Waals surface area (Å²) in [5.41, 5.74) is 0.985. The maximum atomic E-state index is 3.96. The summed E-state index contributed by atoms with van der Waals surface area (Å²) in [6, 6.07) is 6.07. The minimum absolute atomic E-state index is 0.767. The third-order valence-electron chi connectivity index (χ3n) is 1.57. The Morgan fingerprint density at radius 1 is 1.27 bits per heavy atom. The van der Waals surface area contributed by atoms with Crippen LogP contribution in [0.1, 0.15) is 0 Å². The van der Waals surface area contributed by atoms with E-state index in [2.05, 4.69) is 70.0 Å². The zero-order valence-electron chi connectivity index (χ0n) is 7.17. The van der Waals surface area contributed by atoms with E-state index in [1.807, 2.05) is 18.2 Å². The Balaban J connectivity index is 2.24. The quantitative estimate of drug-likeness (QED) is 0.674. The molecule has 3 nitrogen and oxygen atoms in total. The summed E-state index contributed by atoms with van der Waals surface area (Å²) < 4.78 is 2.97. The fraction of sp³-hybridized carbons (Fsp3) is 0. The van der Waals surface area contributed by atoms with Gasteiger partial charge in [0.15, 0.2) is 3.92 Å². The SMILES string of the molecule is Brc1nnc(Nc2ccc(I)cc2Br)s1. The summed E-state index contributed by atoms with van der Waals surface area (Å²) in [6.07, 6.45) is 0. The topological polar surface area (TPSA) is 37.8 Å². The van der Waals surface area contributed by atoms with Crippen molar-refractivity contribution in [2.45, 2.75) is 0 Å². The lowest BCUT2D eigenvalue weighted by atomic mass is 10.3. The summed E-state index contributed by atoms with van der Waals surface area (Å²) in [4.78, 5) is 0. The third-order valence-corrected chi connectivity index (χ3v) is 4.17. The molecule has 0 unspecified atom stereocenters. The van der Waals surface area contributed by atoms with E-state index < -0.39 is 0 Å². The van der Waals surface area contributed by atoms with E-state index in [1.165, 1.54) is 14.9 Å². The molecule has 2 rings (SSSR count). The number of rotatable bonds is 2. The Morgan fingerprint density at radius 3 is 2.67 bits per heavy atom. The van der Waals surface area contributed by atoms with Gasteiger partial charge in [0.1, 0.15) is 0 Å². The first-order chi connectivity index (χ1) is 7.15. The van der Waals surface area contributed by atoms with E-state index in [0.717, 1.165) is 19.2 Å². The van der Waals surface area contributed by atoms with Crippen molar-refractivity contribution in [1.29, 1.82) is 0 Å². The molecule has 1 aromatic heterocycles. The highest BCUT2D eigenvalue weighted by Crippen LogP contribution is 2.29. The molecule has 0 saturated carbocycles. The van der Waals surface area contributed by atoms with Crippen molar-refractivity contribution in [3.63, 3.8) is 0 Å². The van der Waals surface area contributed by atoms with Gasteiger partial charge in [0, 0.05) is 8.04 Å². The fourth-order valence-corrected chi connectivity index (χ4v) is 3.38. The first kappa shape index (κ1) is 11.7. The van der Waals surface area contributed by atoms with E-state index in [1.54, 1.807) is 0 Å². The first-order valence-electron chi connectivity index (χ1n) is 3.86. The number of anilines is 2. The zero-order valence-corrected chi connectivity index (χ0v) is 13.3. The molecule has 0 fully saturated rings. The summed E-state index contributed by atoms with van der Waals surface area (Å²) >= 11 is 10.5. The molecule has 0 atom stereocenters. The molecule has 0 aliphatic heterocycles. The van der Waals surface area contributed by atoms with Gasteiger partial charge < -0.3 is 5.32 Å². The molecule has 78 valence electrons. The van der Waals surface area contributed by atoms with Crippen molar-refractivity contribution in [3.8, 4) is 0 Å². The lowest BCUT2D eigenvalue weighted by molar-refractivity contribution is 1.07. The Labute approximate surface area is 121 Å². The molecular weight excluding hydrogens is 457 g/mol. The van der Waals surface area contributed by atoms with E-state index in [-0.39, 0.29) is 0 Å². The van der Waals surface area contributed by atoms with Gasteiger partial charge in [-0.05, 0) is 72.6 Å². The average Bonchev–Trinajstić information content (AvgIpc) is 2.56. The monoisotopic (exact) mass is 459 g/mol. The van der Waals surface area contributed by atoms with Gasteiger partial charge in [-0.1, -0.05) is 11.3 Å². The number of benzene rings is 1. The van der Waals surface area contributed by atoms with Crippen LogP contribution in [-0.2, 0) is 0 Å². The summed E-state index contributed by atoms with van der Waals surface area (Å²) in [6.45, 7) is 0. The molecule has 1 heterocycles. The van der Waals surface area contributed by atoms with Crippen molar-refractivity contribution in [2.75, 3.05) is 5.32 Å². The molecule has 1 N–H and O–H groups in total. The third kappa shape index (κ3) is 3.11. The van der Waals surface area contributed by atoms with Gasteiger partial charge in [-0.15, -0.1) is 10.2 Å². The van der Waals surface area contributed by atoms with Crippen molar-refractivity contribution in [3.05, 3.63) is 30.2 Å². The minimum atomic E-state index is 0.767. The molecule has 1 aromatic carbocycles. The number of hydrogen-bond donors (Lipinski definition) is 1. The fourth-order valence-electron chi connectivity index (χ4n) is 0.962. The summed E-state index contributed by atoms with van der Waals surface area (Å²) in [5.74, 6) is 0. The lowest BCUT2D eigenvalue weighted by Gasteiger charge is -2.04. The second kappa shape index (κ2) is 5.07. The maximum absolute atomic E-state index is 3.96. The molecule has 2 aromatic rings. The largest absolute Gasteiger partial charge is 0.329 e. The van der Waals surface area contributed by atoms with Gasteiger partial charge in [-0.2, -0.15) is 0 Å². The number of halogens is 3. The Hall–Kier alpha value is 0.270. The maximum Gasteiger partial charge on any atom is 0.210 e. The van der Waals surface area contributed by atoms with Gasteiger partial charge in [0.05, 0.1) is 5.69 Å². The van der Waals surface area contributed by atoms with E-state index >= 15 is 0 Å². The summed E-state index contributed by atoms with van der Waals surface area (Å²) in [5, 5.41) is 11.8. The smallest absolute Gasteiger partial charge is 0.210 e. The molecule has 0 radical (unpaired) electrons. The highest BCUT2D eigenvalue weighted by atomic mass is 127. The van der Waals surface area contributed by atoms with Gasteiger partial charge in [-0.25, -0.2) is 0 Å². The van der Waals surface area contributed by atoms with E-state index in [0.29, 0.717) is 0 Å². The second-order valence-electron chi connectivity index (χ2n) is 2.61. The predicted octanol–water partition coefficient (Wildman–Crippen LogP) is 4.41. The molecule has 0 saturated heterocycles. The van der Waals surface area contributed by atoms with E-state index in [4.69, 9.17) is 0 Å². The number of nitrogens with zero attached hydrogens (tertiary/aromatic N) is 2. The number of hydrogen-bond acceptors (Lipinski definition) is 4. The van der Waals surface area contributed by atoms with Crippen molar-refractivity contribution < 1.29 is 0 Å². The molecule has 7 heteroatoms. The minimum Gasteiger partial charge on any atom is -0.329 e. The molecular formula is C8H4Br2IN3S. The van der Waals surface area contributed by atoms with Gasteiger partial charge >= 0.3 is 0 Å². The van der Waals surface area contributed by atoms with Crippen LogP contribution in [0.3, 0.4) is 0 Å². The van der Waals surface area contributed by atoms with Crippen LogP contribution >= 0.6 is 65.8 Å². The lowest BCUT2D eigenvalue weighted by Crippen LogP contribution is -1.90.